The van der Waals surface area contributed by atoms with Gasteiger partial charge in [0.05, 0.1) is 11.4 Å². The maximum atomic E-state index is 11.1. The highest BCUT2D eigenvalue weighted by Gasteiger charge is 2.25. The van der Waals surface area contributed by atoms with Crippen LogP contribution in [0, 0.1) is 0 Å². The molecule has 1 aromatic heterocycles. The van der Waals surface area contributed by atoms with Crippen molar-refractivity contribution in [2.75, 3.05) is 0 Å². The Bertz CT molecular complexity index is 576. The molecular formula is C15H19N3O. The fourth-order valence-corrected chi connectivity index (χ4v) is 2.13. The summed E-state index contributed by atoms with van der Waals surface area (Å²) in [6.07, 6.45) is 1.77. The van der Waals surface area contributed by atoms with E-state index >= 15 is 0 Å². The van der Waals surface area contributed by atoms with Crippen LogP contribution in [0.1, 0.15) is 49.4 Å². The molecule has 0 aliphatic carbocycles. The Kier molecular flexibility index (Phi) is 3.51. The van der Waals surface area contributed by atoms with Crippen molar-refractivity contribution in [1.29, 1.82) is 0 Å². The van der Waals surface area contributed by atoms with Gasteiger partial charge in [0.2, 0.25) is 0 Å². The molecule has 100 valence electrons. The lowest BCUT2D eigenvalue weighted by atomic mass is 9.90. The van der Waals surface area contributed by atoms with E-state index in [0.717, 1.165) is 24.1 Å². The van der Waals surface area contributed by atoms with Crippen LogP contribution in [0.25, 0.3) is 5.69 Å². The van der Waals surface area contributed by atoms with Gasteiger partial charge in [-0.1, -0.05) is 45.0 Å². The number of rotatable bonds is 3. The molecule has 0 fully saturated rings. The lowest BCUT2D eigenvalue weighted by molar-refractivity contribution is 0.111. The summed E-state index contributed by atoms with van der Waals surface area (Å²) >= 11 is 0. The Labute approximate surface area is 113 Å². The fourth-order valence-electron chi connectivity index (χ4n) is 2.13. The minimum absolute atomic E-state index is 0.191. The van der Waals surface area contributed by atoms with Crippen molar-refractivity contribution in [2.45, 2.75) is 39.5 Å². The van der Waals surface area contributed by atoms with Gasteiger partial charge in [0.25, 0.3) is 0 Å². The number of aldehydes is 1. The van der Waals surface area contributed by atoms with Gasteiger partial charge < -0.3 is 0 Å². The molecule has 0 aliphatic heterocycles. The average Bonchev–Trinajstić information content (AvgIpc) is 2.82. The summed E-state index contributed by atoms with van der Waals surface area (Å²) in [5.41, 5.74) is 3.27. The molecule has 2 aromatic rings. The van der Waals surface area contributed by atoms with Crippen molar-refractivity contribution < 1.29 is 4.79 Å². The van der Waals surface area contributed by atoms with Gasteiger partial charge in [0, 0.05) is 5.41 Å². The number of nitrogens with zero attached hydrogens (tertiary/aromatic N) is 3. The van der Waals surface area contributed by atoms with Gasteiger partial charge >= 0.3 is 0 Å². The Morgan fingerprint density at radius 3 is 2.32 bits per heavy atom. The minimum atomic E-state index is -0.191. The van der Waals surface area contributed by atoms with Crippen LogP contribution in [-0.4, -0.2) is 21.3 Å². The summed E-state index contributed by atoms with van der Waals surface area (Å²) in [5, 5.41) is 8.08. The molecule has 1 aromatic carbocycles. The molecule has 4 heteroatoms. The third-order valence-corrected chi connectivity index (χ3v) is 3.11. The molecule has 0 atom stereocenters. The first-order valence-corrected chi connectivity index (χ1v) is 6.48. The van der Waals surface area contributed by atoms with Gasteiger partial charge in [-0.3, -0.25) is 4.79 Å². The number of aromatic nitrogens is 3. The molecule has 0 saturated carbocycles. The lowest BCUT2D eigenvalue weighted by Gasteiger charge is -2.20. The highest BCUT2D eigenvalue weighted by Crippen LogP contribution is 2.26. The normalized spacial score (nSPS) is 11.6. The second-order valence-electron chi connectivity index (χ2n) is 5.62. The van der Waals surface area contributed by atoms with Gasteiger partial charge in [0.1, 0.15) is 5.69 Å². The molecule has 0 spiro atoms. The molecular weight excluding hydrogens is 238 g/mol. The van der Waals surface area contributed by atoms with Crippen LogP contribution in [0.4, 0.5) is 0 Å². The van der Waals surface area contributed by atoms with E-state index in [2.05, 4.69) is 50.1 Å². The summed E-state index contributed by atoms with van der Waals surface area (Å²) in [6.45, 7) is 8.27. The summed E-state index contributed by atoms with van der Waals surface area (Å²) in [5.74, 6) is 0. The molecule has 0 N–H and O–H groups in total. The minimum Gasteiger partial charge on any atom is -0.296 e. The monoisotopic (exact) mass is 257 g/mol. The fraction of sp³-hybridized carbons (Fsp3) is 0.400. The second kappa shape index (κ2) is 4.96. The standard InChI is InChI=1S/C15H19N3O/c1-5-11-6-8-12(9-7-11)18-14(15(2,3)4)13(10-19)16-17-18/h6-10H,5H2,1-4H3. The molecule has 0 unspecified atom stereocenters. The maximum absolute atomic E-state index is 11.1. The topological polar surface area (TPSA) is 47.8 Å². The predicted molar refractivity (Wildman–Crippen MR) is 74.8 cm³/mol. The van der Waals surface area contributed by atoms with Crippen LogP contribution in [0.3, 0.4) is 0 Å². The molecule has 0 saturated heterocycles. The van der Waals surface area contributed by atoms with Gasteiger partial charge in [-0.15, -0.1) is 5.10 Å². The summed E-state index contributed by atoms with van der Waals surface area (Å²) < 4.78 is 1.75. The Morgan fingerprint density at radius 1 is 1.21 bits per heavy atom. The Balaban J connectivity index is 2.55. The predicted octanol–water partition coefficient (Wildman–Crippen LogP) is 2.94. The van der Waals surface area contributed by atoms with Gasteiger partial charge in [-0.05, 0) is 24.1 Å². The van der Waals surface area contributed by atoms with Crippen molar-refractivity contribution in [3.05, 3.63) is 41.2 Å². The Hall–Kier alpha value is -1.97. The van der Waals surface area contributed by atoms with Crippen LogP contribution < -0.4 is 0 Å². The van der Waals surface area contributed by atoms with Crippen LogP contribution in [0.15, 0.2) is 24.3 Å². The number of benzene rings is 1. The van der Waals surface area contributed by atoms with Crippen LogP contribution in [-0.2, 0) is 11.8 Å². The molecule has 0 aliphatic rings. The van der Waals surface area contributed by atoms with Crippen molar-refractivity contribution in [2.24, 2.45) is 0 Å². The van der Waals surface area contributed by atoms with Crippen molar-refractivity contribution in [1.82, 2.24) is 15.0 Å². The second-order valence-corrected chi connectivity index (χ2v) is 5.62. The van der Waals surface area contributed by atoms with E-state index in [1.54, 1.807) is 4.68 Å². The number of carbonyl (C=O) groups is 1. The van der Waals surface area contributed by atoms with Crippen LogP contribution in [0.5, 0.6) is 0 Å². The zero-order chi connectivity index (χ0) is 14.0. The van der Waals surface area contributed by atoms with E-state index in [4.69, 9.17) is 0 Å². The van der Waals surface area contributed by atoms with E-state index in [-0.39, 0.29) is 5.41 Å². The summed E-state index contributed by atoms with van der Waals surface area (Å²) in [7, 11) is 0. The number of hydrogen-bond donors (Lipinski definition) is 0. The first-order valence-electron chi connectivity index (χ1n) is 6.48. The largest absolute Gasteiger partial charge is 0.296 e. The Morgan fingerprint density at radius 2 is 1.84 bits per heavy atom. The van der Waals surface area contributed by atoms with E-state index in [1.807, 2.05) is 12.1 Å². The first kappa shape index (κ1) is 13.5. The molecule has 0 amide bonds. The highest BCUT2D eigenvalue weighted by atomic mass is 16.1. The van der Waals surface area contributed by atoms with E-state index in [1.165, 1.54) is 5.56 Å². The van der Waals surface area contributed by atoms with Crippen molar-refractivity contribution in [3.8, 4) is 5.69 Å². The van der Waals surface area contributed by atoms with Crippen molar-refractivity contribution in [3.63, 3.8) is 0 Å². The number of carbonyl (C=O) groups excluding carboxylic acids is 1. The van der Waals surface area contributed by atoms with Gasteiger partial charge in [-0.2, -0.15) is 0 Å². The third-order valence-electron chi connectivity index (χ3n) is 3.11. The molecule has 4 nitrogen and oxygen atoms in total. The van der Waals surface area contributed by atoms with Gasteiger partial charge in [0.15, 0.2) is 6.29 Å². The third kappa shape index (κ3) is 2.57. The first-order chi connectivity index (χ1) is 8.97. The SMILES string of the molecule is CCc1ccc(-n2nnc(C=O)c2C(C)(C)C)cc1. The quantitative estimate of drug-likeness (QED) is 0.794. The molecule has 0 bridgehead atoms. The van der Waals surface area contributed by atoms with Gasteiger partial charge in [-0.25, -0.2) is 4.68 Å². The summed E-state index contributed by atoms with van der Waals surface area (Å²) in [6, 6.07) is 8.17. The summed E-state index contributed by atoms with van der Waals surface area (Å²) in [4.78, 5) is 11.1. The molecule has 2 rings (SSSR count). The molecule has 1 heterocycles. The average molecular weight is 257 g/mol. The lowest BCUT2D eigenvalue weighted by Crippen LogP contribution is -2.19. The van der Waals surface area contributed by atoms with Crippen LogP contribution >= 0.6 is 0 Å². The molecule has 0 radical (unpaired) electrons. The van der Waals surface area contributed by atoms with E-state index < -0.39 is 0 Å². The van der Waals surface area contributed by atoms with E-state index in [0.29, 0.717) is 5.69 Å². The number of hydrogen-bond acceptors (Lipinski definition) is 3. The van der Waals surface area contributed by atoms with Crippen molar-refractivity contribution >= 4 is 6.29 Å². The maximum Gasteiger partial charge on any atom is 0.172 e. The molecule has 19 heavy (non-hydrogen) atoms. The van der Waals surface area contributed by atoms with E-state index in [9.17, 15) is 4.79 Å². The number of aryl methyl sites for hydroxylation is 1. The van der Waals surface area contributed by atoms with Crippen LogP contribution in [0.2, 0.25) is 0 Å². The highest BCUT2D eigenvalue weighted by molar-refractivity contribution is 5.74. The smallest absolute Gasteiger partial charge is 0.172 e. The zero-order valence-electron chi connectivity index (χ0n) is 11.8. The zero-order valence-corrected chi connectivity index (χ0v) is 11.8.